The second kappa shape index (κ2) is 11.3. The number of anilines is 1. The predicted molar refractivity (Wildman–Crippen MR) is 127 cm³/mol. The Bertz CT molecular complexity index is 608. The van der Waals surface area contributed by atoms with E-state index < -0.39 is 0 Å². The Balaban J connectivity index is 0.00000364. The van der Waals surface area contributed by atoms with E-state index in [1.807, 2.05) is 12.1 Å². The summed E-state index contributed by atoms with van der Waals surface area (Å²) in [6.07, 6.45) is 2.83. The summed E-state index contributed by atoms with van der Waals surface area (Å²) in [7, 11) is 4.20. The lowest BCUT2D eigenvalue weighted by Gasteiger charge is -2.27. The van der Waals surface area contributed by atoms with Crippen molar-refractivity contribution in [3.63, 3.8) is 0 Å². The van der Waals surface area contributed by atoms with E-state index in [1.54, 1.807) is 6.20 Å². The molecule has 1 aromatic rings. The van der Waals surface area contributed by atoms with Gasteiger partial charge >= 0.3 is 0 Å². The summed E-state index contributed by atoms with van der Waals surface area (Å²) in [6.45, 7) is 11.1. The zero-order chi connectivity index (χ0) is 19.2. The molecule has 0 radical (unpaired) electrons. The molecule has 154 valence electrons. The minimum Gasteiger partial charge on any atom is -0.357 e. The third-order valence-electron chi connectivity index (χ3n) is 4.32. The molecule has 6 nitrogen and oxygen atoms in total. The van der Waals surface area contributed by atoms with E-state index in [2.05, 4.69) is 60.3 Å². The van der Waals surface area contributed by atoms with Gasteiger partial charge in [-0.05, 0) is 45.0 Å². The molecule has 1 saturated heterocycles. The SMILES string of the molecule is CCNC(=NCC(C)(C)CN(C)C)NC1CCN(c2ncccc2Cl)C1.I. The zero-order valence-corrected chi connectivity index (χ0v) is 20.2. The van der Waals surface area contributed by atoms with Crippen LogP contribution in [0.5, 0.6) is 0 Å². The topological polar surface area (TPSA) is 55.8 Å². The highest BCUT2D eigenvalue weighted by Gasteiger charge is 2.26. The minimum atomic E-state index is 0. The van der Waals surface area contributed by atoms with E-state index in [1.165, 1.54) is 0 Å². The molecule has 1 unspecified atom stereocenters. The largest absolute Gasteiger partial charge is 0.357 e. The van der Waals surface area contributed by atoms with Gasteiger partial charge in [0.05, 0.1) is 5.02 Å². The van der Waals surface area contributed by atoms with Crippen LogP contribution in [0, 0.1) is 5.41 Å². The van der Waals surface area contributed by atoms with Crippen LogP contribution in [0.2, 0.25) is 5.02 Å². The number of hydrogen-bond donors (Lipinski definition) is 2. The molecule has 0 saturated carbocycles. The van der Waals surface area contributed by atoms with Crippen molar-refractivity contribution in [3.8, 4) is 0 Å². The minimum absolute atomic E-state index is 0. The highest BCUT2D eigenvalue weighted by Crippen LogP contribution is 2.25. The molecule has 0 spiro atoms. The second-order valence-corrected chi connectivity index (χ2v) is 8.39. The number of guanidine groups is 1. The maximum Gasteiger partial charge on any atom is 0.191 e. The van der Waals surface area contributed by atoms with Crippen molar-refractivity contribution in [2.45, 2.75) is 33.2 Å². The molecule has 0 aromatic carbocycles. The van der Waals surface area contributed by atoms with Gasteiger partial charge in [-0.25, -0.2) is 4.98 Å². The summed E-state index contributed by atoms with van der Waals surface area (Å²) >= 11 is 6.28. The quantitative estimate of drug-likeness (QED) is 0.337. The third-order valence-corrected chi connectivity index (χ3v) is 4.62. The number of pyridine rings is 1. The summed E-state index contributed by atoms with van der Waals surface area (Å²) in [5, 5.41) is 7.65. The van der Waals surface area contributed by atoms with Crippen molar-refractivity contribution in [3.05, 3.63) is 23.4 Å². The summed E-state index contributed by atoms with van der Waals surface area (Å²) in [6, 6.07) is 4.09. The number of hydrogen-bond acceptors (Lipinski definition) is 4. The average Bonchev–Trinajstić information content (AvgIpc) is 3.00. The Hall–Kier alpha value is -0.800. The van der Waals surface area contributed by atoms with Gasteiger partial charge in [0.15, 0.2) is 5.96 Å². The fourth-order valence-electron chi connectivity index (χ4n) is 3.39. The normalized spacial score (nSPS) is 17.8. The first-order valence-electron chi connectivity index (χ1n) is 9.36. The molecule has 2 heterocycles. The van der Waals surface area contributed by atoms with Crippen molar-refractivity contribution in [2.24, 2.45) is 10.4 Å². The van der Waals surface area contributed by atoms with Gasteiger partial charge < -0.3 is 20.4 Å². The molecular formula is C19H34ClIN6. The average molecular weight is 509 g/mol. The first-order valence-corrected chi connectivity index (χ1v) is 9.73. The summed E-state index contributed by atoms with van der Waals surface area (Å²) in [5.41, 5.74) is 0.134. The van der Waals surface area contributed by atoms with Crippen LogP contribution < -0.4 is 15.5 Å². The molecule has 0 bridgehead atoms. The number of nitrogens with one attached hydrogen (secondary N) is 2. The molecule has 27 heavy (non-hydrogen) atoms. The number of nitrogens with zero attached hydrogens (tertiary/aromatic N) is 4. The van der Waals surface area contributed by atoms with E-state index in [4.69, 9.17) is 16.6 Å². The second-order valence-electron chi connectivity index (χ2n) is 7.98. The van der Waals surface area contributed by atoms with E-state index in [9.17, 15) is 0 Å². The van der Waals surface area contributed by atoms with Gasteiger partial charge in [0.25, 0.3) is 0 Å². The van der Waals surface area contributed by atoms with Crippen LogP contribution in [0.15, 0.2) is 23.3 Å². The van der Waals surface area contributed by atoms with Crippen LogP contribution in [-0.2, 0) is 0 Å². The van der Waals surface area contributed by atoms with Crippen molar-refractivity contribution >= 4 is 47.4 Å². The van der Waals surface area contributed by atoms with Crippen molar-refractivity contribution in [1.29, 1.82) is 0 Å². The molecule has 0 aliphatic carbocycles. The summed E-state index contributed by atoms with van der Waals surface area (Å²) < 4.78 is 0. The standard InChI is InChI=1S/C19H33ClN6.HI/c1-6-21-18(23-13-19(2,3)14-25(4)5)24-15-9-11-26(12-15)17-16(20)8-7-10-22-17;/h7-8,10,15H,6,9,11-14H2,1-5H3,(H2,21,23,24);1H. The van der Waals surface area contributed by atoms with Crippen molar-refractivity contribution < 1.29 is 0 Å². The Morgan fingerprint density at radius 2 is 2.19 bits per heavy atom. The number of halogens is 2. The number of aromatic nitrogens is 1. The Morgan fingerprint density at radius 3 is 2.81 bits per heavy atom. The Labute approximate surface area is 186 Å². The number of rotatable bonds is 7. The first kappa shape index (κ1) is 24.2. The van der Waals surface area contributed by atoms with E-state index >= 15 is 0 Å². The molecule has 2 rings (SSSR count). The van der Waals surface area contributed by atoms with Crippen molar-refractivity contribution in [2.75, 3.05) is 51.7 Å². The van der Waals surface area contributed by atoms with Crippen LogP contribution in [0.4, 0.5) is 5.82 Å². The molecular weight excluding hydrogens is 475 g/mol. The molecule has 0 amide bonds. The van der Waals surface area contributed by atoms with Crippen molar-refractivity contribution in [1.82, 2.24) is 20.5 Å². The highest BCUT2D eigenvalue weighted by molar-refractivity contribution is 14.0. The van der Waals surface area contributed by atoms with Crippen LogP contribution >= 0.6 is 35.6 Å². The Kier molecular flexibility index (Phi) is 10.1. The van der Waals surface area contributed by atoms with Gasteiger partial charge in [-0.1, -0.05) is 25.4 Å². The Morgan fingerprint density at radius 1 is 1.44 bits per heavy atom. The fourth-order valence-corrected chi connectivity index (χ4v) is 3.63. The molecule has 1 atom stereocenters. The van der Waals surface area contributed by atoms with E-state index in [-0.39, 0.29) is 29.4 Å². The maximum atomic E-state index is 6.28. The highest BCUT2D eigenvalue weighted by atomic mass is 127. The van der Waals surface area contributed by atoms with E-state index in [0.29, 0.717) is 11.1 Å². The third kappa shape index (κ3) is 7.99. The lowest BCUT2D eigenvalue weighted by molar-refractivity contribution is 0.248. The lowest BCUT2D eigenvalue weighted by Crippen LogP contribution is -2.45. The fraction of sp³-hybridized carbons (Fsp3) is 0.684. The smallest absolute Gasteiger partial charge is 0.191 e. The molecule has 1 aromatic heterocycles. The first-order chi connectivity index (χ1) is 12.3. The maximum absolute atomic E-state index is 6.28. The molecule has 2 N–H and O–H groups in total. The summed E-state index contributed by atoms with van der Waals surface area (Å²) in [5.74, 6) is 1.76. The summed E-state index contributed by atoms with van der Waals surface area (Å²) in [4.78, 5) is 13.7. The van der Waals surface area contributed by atoms with Crippen LogP contribution in [0.1, 0.15) is 27.2 Å². The van der Waals surface area contributed by atoms with Crippen LogP contribution in [0.3, 0.4) is 0 Å². The van der Waals surface area contributed by atoms with Crippen LogP contribution in [-0.4, -0.2) is 68.7 Å². The van der Waals surface area contributed by atoms with Gasteiger partial charge in [0.1, 0.15) is 5.82 Å². The number of aliphatic imine (C=N–C) groups is 1. The lowest BCUT2D eigenvalue weighted by atomic mass is 9.93. The van der Waals surface area contributed by atoms with Gasteiger partial charge in [0.2, 0.25) is 0 Å². The molecule has 8 heteroatoms. The van der Waals surface area contributed by atoms with Crippen LogP contribution in [0.25, 0.3) is 0 Å². The van der Waals surface area contributed by atoms with Gasteiger partial charge in [0, 0.05) is 45.0 Å². The van der Waals surface area contributed by atoms with Gasteiger partial charge in [-0.15, -0.1) is 24.0 Å². The molecule has 1 fully saturated rings. The van der Waals surface area contributed by atoms with Gasteiger partial charge in [-0.2, -0.15) is 0 Å². The van der Waals surface area contributed by atoms with Gasteiger partial charge in [-0.3, -0.25) is 4.99 Å². The van der Waals surface area contributed by atoms with E-state index in [0.717, 1.165) is 50.9 Å². The molecule has 1 aliphatic rings. The predicted octanol–water partition coefficient (Wildman–Crippen LogP) is 3.07. The molecule has 1 aliphatic heterocycles. The monoisotopic (exact) mass is 508 g/mol. The zero-order valence-electron chi connectivity index (χ0n) is 17.1.